The number of nitrogens with zero attached hydrogens (tertiary/aromatic N) is 4. The predicted molar refractivity (Wildman–Crippen MR) is 131 cm³/mol. The zero-order valence-corrected chi connectivity index (χ0v) is 20.3. The highest BCUT2D eigenvalue weighted by Gasteiger charge is 2.21. The molecule has 0 aliphatic rings. The van der Waals surface area contributed by atoms with E-state index in [0.29, 0.717) is 0 Å². The van der Waals surface area contributed by atoms with E-state index in [0.717, 1.165) is 32.1 Å². The van der Waals surface area contributed by atoms with E-state index in [1.807, 2.05) is 0 Å². The van der Waals surface area contributed by atoms with Crippen LogP contribution in [0.2, 0.25) is 0 Å². The molecule has 0 aromatic heterocycles. The average Bonchev–Trinajstić information content (AvgIpc) is 2.74. The van der Waals surface area contributed by atoms with Gasteiger partial charge in [-0.05, 0) is 74.2 Å². The van der Waals surface area contributed by atoms with E-state index in [2.05, 4.69) is 10.2 Å². The Morgan fingerprint density at radius 3 is 1.06 bits per heavy atom. The van der Waals surface area contributed by atoms with Crippen molar-refractivity contribution in [3.63, 3.8) is 0 Å². The van der Waals surface area contributed by atoms with Gasteiger partial charge in [0.2, 0.25) is 0 Å². The maximum absolute atomic E-state index is 11.4. The molecule has 0 atom stereocenters. The van der Waals surface area contributed by atoms with Gasteiger partial charge in [-0.1, -0.05) is 0 Å². The summed E-state index contributed by atoms with van der Waals surface area (Å²) in [5, 5.41) is 45.7. The molecular formula is C24H28N4O8. The van der Waals surface area contributed by atoms with Crippen molar-refractivity contribution in [3.05, 3.63) is 46.5 Å². The minimum absolute atomic E-state index is 0.202. The molecule has 0 spiro atoms. The van der Waals surface area contributed by atoms with E-state index >= 15 is 0 Å². The zero-order valence-electron chi connectivity index (χ0n) is 20.3. The normalized spacial score (nSPS) is 10.9. The first kappa shape index (κ1) is 27.8. The summed E-state index contributed by atoms with van der Waals surface area (Å²) in [6.07, 6.45) is 0. The van der Waals surface area contributed by atoms with Crippen LogP contribution in [0.15, 0.2) is 34.5 Å². The van der Waals surface area contributed by atoms with Crippen molar-refractivity contribution in [1.29, 1.82) is 0 Å². The van der Waals surface area contributed by atoms with Crippen molar-refractivity contribution in [2.24, 2.45) is 10.2 Å². The maximum atomic E-state index is 11.4. The largest absolute Gasteiger partial charge is 0.480 e. The number of carbonyl (C=O) groups is 4. The van der Waals surface area contributed by atoms with E-state index in [9.17, 15) is 39.6 Å². The van der Waals surface area contributed by atoms with Gasteiger partial charge < -0.3 is 30.2 Å². The fourth-order valence-corrected chi connectivity index (χ4v) is 3.45. The lowest BCUT2D eigenvalue weighted by Crippen LogP contribution is -2.34. The number of rotatable bonds is 12. The standard InChI is InChI=1S/C24H28N4O8/c1-13-5-17(19(7-15(13)3)27(9-21(29)30)10-22(31)32)25-26-18-6-14(2)16(4)8-20(18)28(11-23(33)34)12-24(35)36/h5-8H,9-12H2,1-4H3,(H,29,30)(H,31,32)(H,33,34)(H,35,36). The number of azo groups is 1. The second-order valence-corrected chi connectivity index (χ2v) is 8.34. The Kier molecular flexibility index (Phi) is 9.08. The fraction of sp³-hybridized carbons (Fsp3) is 0.333. The van der Waals surface area contributed by atoms with Gasteiger partial charge in [0, 0.05) is 0 Å². The van der Waals surface area contributed by atoms with E-state index in [1.54, 1.807) is 52.0 Å². The molecule has 0 unspecified atom stereocenters. The Labute approximate surface area is 207 Å². The molecule has 0 saturated heterocycles. The number of carboxylic acids is 4. The molecule has 192 valence electrons. The molecule has 2 aromatic rings. The van der Waals surface area contributed by atoms with E-state index < -0.39 is 50.1 Å². The number of anilines is 2. The molecule has 0 aliphatic carbocycles. The van der Waals surface area contributed by atoms with Crippen molar-refractivity contribution < 1.29 is 39.6 Å². The molecule has 0 bridgehead atoms. The smallest absolute Gasteiger partial charge is 0.323 e. The fourth-order valence-electron chi connectivity index (χ4n) is 3.45. The van der Waals surface area contributed by atoms with Crippen LogP contribution < -0.4 is 9.80 Å². The van der Waals surface area contributed by atoms with E-state index in [1.165, 1.54) is 0 Å². The summed E-state index contributed by atoms with van der Waals surface area (Å²) < 4.78 is 0. The monoisotopic (exact) mass is 500 g/mol. The van der Waals surface area contributed by atoms with Crippen molar-refractivity contribution in [2.45, 2.75) is 27.7 Å². The molecule has 0 amide bonds. The van der Waals surface area contributed by atoms with Crippen LogP contribution in [-0.4, -0.2) is 70.5 Å². The summed E-state index contributed by atoms with van der Waals surface area (Å²) in [5.41, 5.74) is 4.06. The molecule has 0 fully saturated rings. The van der Waals surface area contributed by atoms with Crippen LogP contribution in [-0.2, 0) is 19.2 Å². The molecule has 0 radical (unpaired) electrons. The third kappa shape index (κ3) is 7.52. The number of hydrogen-bond donors (Lipinski definition) is 4. The third-order valence-electron chi connectivity index (χ3n) is 5.43. The van der Waals surface area contributed by atoms with Gasteiger partial charge in [0.15, 0.2) is 0 Å². The number of hydrogen-bond acceptors (Lipinski definition) is 8. The van der Waals surface area contributed by atoms with Gasteiger partial charge in [0.05, 0.1) is 11.4 Å². The molecule has 4 N–H and O–H groups in total. The van der Waals surface area contributed by atoms with Gasteiger partial charge in [0.1, 0.15) is 37.6 Å². The summed E-state index contributed by atoms with van der Waals surface area (Å²) in [4.78, 5) is 47.8. The van der Waals surface area contributed by atoms with Crippen LogP contribution in [0.5, 0.6) is 0 Å². The lowest BCUT2D eigenvalue weighted by Gasteiger charge is -2.24. The third-order valence-corrected chi connectivity index (χ3v) is 5.43. The molecule has 0 heterocycles. The van der Waals surface area contributed by atoms with Gasteiger partial charge in [-0.2, -0.15) is 0 Å². The second kappa shape index (κ2) is 11.8. The van der Waals surface area contributed by atoms with Crippen LogP contribution in [0.3, 0.4) is 0 Å². The Hall–Kier alpha value is -4.48. The zero-order chi connectivity index (χ0) is 27.2. The highest BCUT2D eigenvalue weighted by atomic mass is 16.4. The van der Waals surface area contributed by atoms with Gasteiger partial charge in [-0.15, -0.1) is 10.2 Å². The van der Waals surface area contributed by atoms with Gasteiger partial charge >= 0.3 is 23.9 Å². The molecule has 2 rings (SSSR count). The summed E-state index contributed by atoms with van der Waals surface area (Å²) in [6.45, 7) is 4.84. The second-order valence-electron chi connectivity index (χ2n) is 8.34. The Morgan fingerprint density at radius 2 is 0.806 bits per heavy atom. The topological polar surface area (TPSA) is 180 Å². The molecule has 12 nitrogen and oxygen atoms in total. The van der Waals surface area contributed by atoms with Gasteiger partial charge in [-0.3, -0.25) is 19.2 Å². The summed E-state index contributed by atoms with van der Waals surface area (Å²) in [7, 11) is 0. The highest BCUT2D eigenvalue weighted by Crippen LogP contribution is 2.37. The molecule has 0 aliphatic heterocycles. The molecular weight excluding hydrogens is 472 g/mol. The molecule has 12 heteroatoms. The van der Waals surface area contributed by atoms with Crippen LogP contribution >= 0.6 is 0 Å². The SMILES string of the molecule is Cc1cc(N=Nc2cc(C)c(C)cc2N(CC(=O)O)CC(=O)O)c(N(CC(=O)O)CC(=O)O)cc1C. The van der Waals surface area contributed by atoms with Crippen LogP contribution in [0.1, 0.15) is 22.3 Å². The van der Waals surface area contributed by atoms with Gasteiger partial charge in [0.25, 0.3) is 0 Å². The van der Waals surface area contributed by atoms with Crippen molar-refractivity contribution in [2.75, 3.05) is 36.0 Å². The lowest BCUT2D eigenvalue weighted by molar-refractivity contribution is -0.138. The van der Waals surface area contributed by atoms with Crippen molar-refractivity contribution in [3.8, 4) is 0 Å². The Morgan fingerprint density at radius 1 is 0.556 bits per heavy atom. The summed E-state index contributed by atoms with van der Waals surface area (Å²) >= 11 is 0. The minimum atomic E-state index is -1.23. The van der Waals surface area contributed by atoms with Crippen molar-refractivity contribution in [1.82, 2.24) is 0 Å². The minimum Gasteiger partial charge on any atom is -0.480 e. The first-order chi connectivity index (χ1) is 16.8. The Bertz CT molecular complexity index is 1100. The number of benzene rings is 2. The van der Waals surface area contributed by atoms with Crippen LogP contribution in [0, 0.1) is 27.7 Å². The maximum Gasteiger partial charge on any atom is 0.323 e. The Balaban J connectivity index is 2.67. The van der Waals surface area contributed by atoms with E-state index in [4.69, 9.17) is 0 Å². The van der Waals surface area contributed by atoms with Crippen LogP contribution in [0.25, 0.3) is 0 Å². The molecule has 36 heavy (non-hydrogen) atoms. The molecule has 2 aromatic carbocycles. The number of aryl methyl sites for hydroxylation is 4. The number of carboxylic acid groups (broad SMARTS) is 4. The van der Waals surface area contributed by atoms with E-state index in [-0.39, 0.29) is 22.7 Å². The number of aliphatic carboxylic acids is 4. The first-order valence-corrected chi connectivity index (χ1v) is 10.8. The van der Waals surface area contributed by atoms with Gasteiger partial charge in [-0.25, -0.2) is 0 Å². The van der Waals surface area contributed by atoms with Crippen LogP contribution in [0.4, 0.5) is 22.7 Å². The summed E-state index contributed by atoms with van der Waals surface area (Å²) in [6, 6.07) is 6.52. The first-order valence-electron chi connectivity index (χ1n) is 10.8. The average molecular weight is 501 g/mol. The predicted octanol–water partition coefficient (Wildman–Crippen LogP) is 3.29. The van der Waals surface area contributed by atoms with Crippen molar-refractivity contribution >= 4 is 46.6 Å². The molecule has 0 saturated carbocycles. The lowest BCUT2D eigenvalue weighted by atomic mass is 10.1. The quantitative estimate of drug-likeness (QED) is 0.316. The summed E-state index contributed by atoms with van der Waals surface area (Å²) in [5.74, 6) is -4.92. The highest BCUT2D eigenvalue weighted by molar-refractivity contribution is 5.84.